The Balaban J connectivity index is 1.31. The van der Waals surface area contributed by atoms with Crippen LogP contribution in [-0.4, -0.2) is 47.1 Å². The van der Waals surface area contributed by atoms with Crippen molar-refractivity contribution in [2.24, 2.45) is 4.40 Å². The zero-order chi connectivity index (χ0) is 27.8. The molecular weight excluding hydrogens is 555 g/mol. The molecule has 3 aromatic rings. The number of esters is 1. The van der Waals surface area contributed by atoms with Gasteiger partial charge in [-0.15, -0.1) is 15.9 Å². The first-order valence-corrected chi connectivity index (χ1v) is 15.4. The minimum Gasteiger partial charge on any atom is -0.451 e. The molecule has 39 heavy (non-hydrogen) atoms. The van der Waals surface area contributed by atoms with Gasteiger partial charge in [0.1, 0.15) is 17.1 Å². The number of thioether (sulfide) groups is 1. The van der Waals surface area contributed by atoms with Gasteiger partial charge in [-0.2, -0.15) is 4.40 Å². The van der Waals surface area contributed by atoms with Crippen molar-refractivity contribution in [3.8, 4) is 0 Å². The van der Waals surface area contributed by atoms with Gasteiger partial charge in [-0.05, 0) is 44.0 Å². The van der Waals surface area contributed by atoms with Crippen LogP contribution < -0.4 is 4.13 Å². The fraction of sp³-hybridized carbons (Fsp3) is 0.250. The van der Waals surface area contributed by atoms with Crippen molar-refractivity contribution in [2.75, 3.05) is 0 Å². The molecule has 202 valence electrons. The predicted octanol–water partition coefficient (Wildman–Crippen LogP) is 4.67. The van der Waals surface area contributed by atoms with Crippen molar-refractivity contribution in [1.29, 1.82) is 0 Å². The number of aryl methyl sites for hydroxylation is 1. The summed E-state index contributed by atoms with van der Waals surface area (Å²) in [6.45, 7) is 5.64. The maximum absolute atomic E-state index is 13.6. The van der Waals surface area contributed by atoms with Gasteiger partial charge in [0.15, 0.2) is 6.10 Å². The zero-order valence-electron chi connectivity index (χ0n) is 21.5. The molecule has 1 amide bonds. The summed E-state index contributed by atoms with van der Waals surface area (Å²) in [4.78, 5) is 28.3. The molecular formula is C28H27N3O5S3. The van der Waals surface area contributed by atoms with Gasteiger partial charge in [0.25, 0.3) is 15.9 Å². The van der Waals surface area contributed by atoms with Crippen molar-refractivity contribution in [3.05, 3.63) is 102 Å². The normalized spacial score (nSPS) is 21.1. The molecule has 2 fully saturated rings. The summed E-state index contributed by atoms with van der Waals surface area (Å²) in [5.41, 5.74) is 2.79. The van der Waals surface area contributed by atoms with E-state index in [9.17, 15) is 18.0 Å². The molecule has 0 radical (unpaired) electrons. The Morgan fingerprint density at radius 1 is 1.00 bits per heavy atom. The molecule has 0 bridgehead atoms. The highest BCUT2D eigenvalue weighted by Crippen LogP contribution is 2.50. The number of nitrogens with one attached hydrogen (secondary N) is 1. The van der Waals surface area contributed by atoms with Gasteiger partial charge < -0.3 is 9.64 Å². The Kier molecular flexibility index (Phi) is 7.60. The Labute approximate surface area is 236 Å². The molecule has 0 aromatic heterocycles. The van der Waals surface area contributed by atoms with Gasteiger partial charge in [0.2, 0.25) is 0 Å². The molecule has 2 atom stereocenters. The van der Waals surface area contributed by atoms with Crippen LogP contribution >= 0.6 is 23.9 Å². The summed E-state index contributed by atoms with van der Waals surface area (Å²) in [6, 6.07) is 24.5. The number of hydrogen-bond donors (Lipinski definition) is 1. The monoisotopic (exact) mass is 581 g/mol. The number of benzene rings is 3. The van der Waals surface area contributed by atoms with Gasteiger partial charge in [-0.25, -0.2) is 13.2 Å². The average molecular weight is 582 g/mol. The largest absolute Gasteiger partial charge is 0.451 e. The number of carbonyl (C=O) groups excluding carboxylic acids is 2. The van der Waals surface area contributed by atoms with Crippen LogP contribution in [0.25, 0.3) is 0 Å². The van der Waals surface area contributed by atoms with Gasteiger partial charge in [-0.3, -0.25) is 4.79 Å². The van der Waals surface area contributed by atoms with E-state index in [1.54, 1.807) is 12.1 Å². The lowest BCUT2D eigenvalue weighted by Crippen LogP contribution is -2.63. The number of nitrogens with zero attached hydrogens (tertiary/aromatic N) is 2. The number of β-lactam (4-membered cyclic amide) rings is 1. The van der Waals surface area contributed by atoms with Crippen molar-refractivity contribution < 1.29 is 22.7 Å². The number of hydrogen-bond acceptors (Lipinski definition) is 8. The first-order chi connectivity index (χ1) is 18.6. The molecule has 3 aromatic carbocycles. The van der Waals surface area contributed by atoms with Crippen LogP contribution in [0.2, 0.25) is 0 Å². The van der Waals surface area contributed by atoms with E-state index in [1.165, 1.54) is 28.8 Å². The Hall–Kier alpha value is -3.12. The van der Waals surface area contributed by atoms with E-state index in [1.807, 2.05) is 81.4 Å². The number of fused-ring (bicyclic) bond motifs is 1. The minimum atomic E-state index is -3.81. The third-order valence-electron chi connectivity index (χ3n) is 6.58. The van der Waals surface area contributed by atoms with E-state index in [0.717, 1.165) is 16.7 Å². The van der Waals surface area contributed by atoms with Crippen molar-refractivity contribution in [1.82, 2.24) is 9.03 Å². The highest BCUT2D eigenvalue weighted by Gasteiger charge is 2.63. The van der Waals surface area contributed by atoms with Crippen LogP contribution in [0.1, 0.15) is 36.6 Å². The number of carbonyl (C=O) groups is 2. The Bertz CT molecular complexity index is 1470. The molecule has 0 aliphatic carbocycles. The lowest BCUT2D eigenvalue weighted by molar-refractivity contribution is -0.158. The van der Waals surface area contributed by atoms with Crippen molar-refractivity contribution in [3.63, 3.8) is 0 Å². The second-order valence-electron chi connectivity index (χ2n) is 9.79. The summed E-state index contributed by atoms with van der Waals surface area (Å²) in [6.07, 6.45) is -0.629. The van der Waals surface area contributed by atoms with Crippen LogP contribution in [0.4, 0.5) is 0 Å². The van der Waals surface area contributed by atoms with Crippen LogP contribution in [0, 0.1) is 6.92 Å². The standard InChI is InChI=1S/C28H27N3O5S3/c1-18-14-16-21(17-15-18)39(34,35)30-38-29-22-25(32)31-24(28(2,3)37-26(22)31)27(33)36-23(19-10-6-4-7-11-19)20-12-8-5-9-13-20/h4-17,23-24,26,30H,1-3H3/b29-22+/t24-,26+/m0/s1. The summed E-state index contributed by atoms with van der Waals surface area (Å²) in [5.74, 6) is -0.925. The average Bonchev–Trinajstić information content (AvgIpc) is 3.18. The predicted molar refractivity (Wildman–Crippen MR) is 153 cm³/mol. The lowest BCUT2D eigenvalue weighted by atomic mass is 9.96. The van der Waals surface area contributed by atoms with Crippen molar-refractivity contribution in [2.45, 2.75) is 47.9 Å². The summed E-state index contributed by atoms with van der Waals surface area (Å²) < 4.78 is 37.1. The second kappa shape index (κ2) is 10.8. The van der Waals surface area contributed by atoms with Crippen LogP contribution in [0.3, 0.4) is 0 Å². The van der Waals surface area contributed by atoms with E-state index < -0.39 is 44.2 Å². The number of sulfonamides is 1. The second-order valence-corrected chi connectivity index (χ2v) is 14.0. The number of ether oxygens (including phenoxy) is 1. The maximum atomic E-state index is 13.6. The molecule has 2 aliphatic heterocycles. The fourth-order valence-electron chi connectivity index (χ4n) is 4.59. The molecule has 2 aliphatic rings. The fourth-order valence-corrected chi connectivity index (χ4v) is 7.87. The van der Waals surface area contributed by atoms with Crippen molar-refractivity contribution >= 4 is 51.5 Å². The van der Waals surface area contributed by atoms with Gasteiger partial charge in [-0.1, -0.05) is 78.4 Å². The first kappa shape index (κ1) is 27.4. The lowest BCUT2D eigenvalue weighted by Gasteiger charge is -2.38. The highest BCUT2D eigenvalue weighted by atomic mass is 32.3. The molecule has 2 saturated heterocycles. The molecule has 5 rings (SSSR count). The minimum absolute atomic E-state index is 0.105. The Morgan fingerprint density at radius 2 is 1.56 bits per heavy atom. The van der Waals surface area contributed by atoms with Gasteiger partial charge in [0, 0.05) is 4.75 Å². The SMILES string of the molecule is Cc1ccc(S(=O)(=O)NS/N=C2\C(=O)N3[C@@H]2SC(C)(C)[C@@H]3C(=O)OC(c2ccccc2)c2ccccc2)cc1. The first-order valence-electron chi connectivity index (χ1n) is 12.2. The smallest absolute Gasteiger partial charge is 0.331 e. The molecule has 0 saturated carbocycles. The molecule has 0 unspecified atom stereocenters. The van der Waals surface area contributed by atoms with E-state index >= 15 is 0 Å². The van der Waals surface area contributed by atoms with Gasteiger partial charge in [0.05, 0.1) is 17.0 Å². The molecule has 2 heterocycles. The van der Waals surface area contributed by atoms with E-state index in [2.05, 4.69) is 8.53 Å². The van der Waals surface area contributed by atoms with Crippen LogP contribution in [0.15, 0.2) is 94.2 Å². The van der Waals surface area contributed by atoms with E-state index in [4.69, 9.17) is 4.74 Å². The third kappa shape index (κ3) is 5.49. The molecule has 0 spiro atoms. The molecule has 1 N–H and O–H groups in total. The zero-order valence-corrected chi connectivity index (χ0v) is 23.9. The quantitative estimate of drug-likeness (QED) is 0.234. The highest BCUT2D eigenvalue weighted by molar-refractivity contribution is 8.08. The summed E-state index contributed by atoms with van der Waals surface area (Å²) in [7, 11) is -3.81. The number of rotatable bonds is 8. The summed E-state index contributed by atoms with van der Waals surface area (Å²) >= 11 is 2.01. The summed E-state index contributed by atoms with van der Waals surface area (Å²) in [5, 5.41) is -0.478. The number of amides is 1. The maximum Gasteiger partial charge on any atom is 0.331 e. The van der Waals surface area contributed by atoms with E-state index in [0.29, 0.717) is 12.1 Å². The van der Waals surface area contributed by atoms with Gasteiger partial charge >= 0.3 is 5.97 Å². The Morgan fingerprint density at radius 3 is 2.13 bits per heavy atom. The molecule has 11 heteroatoms. The topological polar surface area (TPSA) is 105 Å². The third-order valence-corrected chi connectivity index (χ3v) is 10.4. The van der Waals surface area contributed by atoms with Crippen LogP contribution in [0.5, 0.6) is 0 Å². The van der Waals surface area contributed by atoms with Crippen LogP contribution in [-0.2, 0) is 24.3 Å². The van der Waals surface area contributed by atoms with E-state index in [-0.39, 0.29) is 10.6 Å². The molecule has 8 nitrogen and oxygen atoms in total.